The van der Waals surface area contributed by atoms with Crippen LogP contribution in [0.15, 0.2) is 10.4 Å². The normalized spacial score (nSPS) is 21.0. The van der Waals surface area contributed by atoms with Crippen molar-refractivity contribution in [3.05, 3.63) is 16.1 Å². The minimum absolute atomic E-state index is 0.0237. The molecule has 0 aliphatic carbocycles. The van der Waals surface area contributed by atoms with Crippen LogP contribution in [0.25, 0.3) is 0 Å². The van der Waals surface area contributed by atoms with E-state index in [0.717, 1.165) is 30.1 Å². The van der Waals surface area contributed by atoms with E-state index in [2.05, 4.69) is 26.0 Å². The maximum Gasteiger partial charge on any atom is 0.191 e. The van der Waals surface area contributed by atoms with Crippen molar-refractivity contribution in [3.8, 4) is 0 Å². The van der Waals surface area contributed by atoms with Crippen LogP contribution in [-0.4, -0.2) is 50.0 Å². The van der Waals surface area contributed by atoms with E-state index in [4.69, 9.17) is 0 Å². The van der Waals surface area contributed by atoms with E-state index in [9.17, 15) is 8.42 Å². The number of rotatable bonds is 6. The summed E-state index contributed by atoms with van der Waals surface area (Å²) in [6.07, 6.45) is 2.52. The highest BCUT2D eigenvalue weighted by molar-refractivity contribution is 7.91. The number of hydrogen-bond acceptors (Lipinski definition) is 5. The molecule has 1 aliphatic rings. The second-order valence-corrected chi connectivity index (χ2v) is 8.66. The fourth-order valence-corrected chi connectivity index (χ4v) is 4.85. The summed E-state index contributed by atoms with van der Waals surface area (Å²) < 4.78 is 23.0. The average molecular weight is 345 g/mol. The first-order chi connectivity index (χ1) is 10.5. The van der Waals surface area contributed by atoms with Crippen molar-refractivity contribution < 1.29 is 8.42 Å². The standard InChI is InChI=1S/C14H24N4O2S2/c1-3-15-14(18-12-6-8-22(19,20)10-12)16-7-4-5-13-17-11(2)9-21-13/h9,12H,3-8,10H2,1-2H3,(H2,15,16,18). The van der Waals surface area contributed by atoms with Crippen LogP contribution in [0.2, 0.25) is 0 Å². The van der Waals surface area contributed by atoms with Gasteiger partial charge in [-0.15, -0.1) is 11.3 Å². The molecule has 22 heavy (non-hydrogen) atoms. The third kappa shape index (κ3) is 5.57. The average Bonchev–Trinajstić information content (AvgIpc) is 3.00. The molecule has 8 heteroatoms. The summed E-state index contributed by atoms with van der Waals surface area (Å²) in [5, 5.41) is 9.60. The quantitative estimate of drug-likeness (QED) is 0.459. The predicted molar refractivity (Wildman–Crippen MR) is 91.3 cm³/mol. The van der Waals surface area contributed by atoms with Crippen LogP contribution >= 0.6 is 11.3 Å². The van der Waals surface area contributed by atoms with Gasteiger partial charge in [-0.1, -0.05) is 0 Å². The van der Waals surface area contributed by atoms with Crippen LogP contribution in [0.1, 0.15) is 30.5 Å². The SMILES string of the molecule is CCNC(=NCCCc1nc(C)cs1)NC1CCS(=O)(=O)C1. The zero-order valence-electron chi connectivity index (χ0n) is 13.1. The van der Waals surface area contributed by atoms with Gasteiger partial charge in [0.05, 0.1) is 16.5 Å². The van der Waals surface area contributed by atoms with E-state index < -0.39 is 9.84 Å². The molecule has 1 aromatic heterocycles. The van der Waals surface area contributed by atoms with Gasteiger partial charge in [0.1, 0.15) is 0 Å². The zero-order chi connectivity index (χ0) is 16.0. The first kappa shape index (κ1) is 17.2. The Labute approximate surface area is 136 Å². The fraction of sp³-hybridized carbons (Fsp3) is 0.714. The Morgan fingerprint density at radius 3 is 2.95 bits per heavy atom. The Hall–Kier alpha value is -1.15. The Morgan fingerprint density at radius 1 is 1.55 bits per heavy atom. The summed E-state index contributed by atoms with van der Waals surface area (Å²) in [6, 6.07) is -0.0237. The van der Waals surface area contributed by atoms with Gasteiger partial charge in [-0.25, -0.2) is 13.4 Å². The van der Waals surface area contributed by atoms with Gasteiger partial charge in [0.15, 0.2) is 15.8 Å². The van der Waals surface area contributed by atoms with E-state index in [-0.39, 0.29) is 17.5 Å². The molecule has 1 unspecified atom stereocenters. The molecular weight excluding hydrogens is 320 g/mol. The van der Waals surface area contributed by atoms with E-state index in [1.54, 1.807) is 11.3 Å². The molecule has 0 amide bonds. The molecule has 1 fully saturated rings. The third-order valence-electron chi connectivity index (χ3n) is 3.40. The van der Waals surface area contributed by atoms with Crippen molar-refractivity contribution in [2.75, 3.05) is 24.6 Å². The van der Waals surface area contributed by atoms with Gasteiger partial charge < -0.3 is 10.6 Å². The first-order valence-electron chi connectivity index (χ1n) is 7.65. The molecule has 1 aromatic rings. The number of aryl methyl sites for hydroxylation is 2. The first-order valence-corrected chi connectivity index (χ1v) is 10.3. The minimum atomic E-state index is -2.87. The molecule has 2 heterocycles. The molecule has 0 spiro atoms. The molecule has 0 radical (unpaired) electrons. The molecule has 0 saturated carbocycles. The highest BCUT2D eigenvalue weighted by atomic mass is 32.2. The monoisotopic (exact) mass is 344 g/mol. The van der Waals surface area contributed by atoms with E-state index in [0.29, 0.717) is 18.9 Å². The number of guanidine groups is 1. The van der Waals surface area contributed by atoms with E-state index in [1.807, 2.05) is 13.8 Å². The van der Waals surface area contributed by atoms with Crippen LogP contribution in [-0.2, 0) is 16.3 Å². The lowest BCUT2D eigenvalue weighted by molar-refractivity contribution is 0.599. The Morgan fingerprint density at radius 2 is 2.36 bits per heavy atom. The maximum absolute atomic E-state index is 11.5. The van der Waals surface area contributed by atoms with Crippen molar-refractivity contribution in [2.24, 2.45) is 4.99 Å². The second-order valence-electron chi connectivity index (χ2n) is 5.49. The lowest BCUT2D eigenvalue weighted by Crippen LogP contribution is -2.44. The molecule has 2 N–H and O–H groups in total. The van der Waals surface area contributed by atoms with Gasteiger partial charge >= 0.3 is 0 Å². The zero-order valence-corrected chi connectivity index (χ0v) is 14.8. The van der Waals surface area contributed by atoms with Crippen LogP contribution < -0.4 is 10.6 Å². The smallest absolute Gasteiger partial charge is 0.191 e. The summed E-state index contributed by atoms with van der Waals surface area (Å²) >= 11 is 1.69. The van der Waals surface area contributed by atoms with Gasteiger partial charge in [0.25, 0.3) is 0 Å². The molecular formula is C14H24N4O2S2. The topological polar surface area (TPSA) is 83.4 Å². The third-order valence-corrected chi connectivity index (χ3v) is 6.20. The molecule has 6 nitrogen and oxygen atoms in total. The van der Waals surface area contributed by atoms with Crippen LogP contribution in [0.3, 0.4) is 0 Å². The van der Waals surface area contributed by atoms with Gasteiger partial charge in [0, 0.05) is 36.6 Å². The summed E-state index contributed by atoms with van der Waals surface area (Å²) in [6.45, 7) is 5.46. The maximum atomic E-state index is 11.5. The van der Waals surface area contributed by atoms with Crippen LogP contribution in [0.4, 0.5) is 0 Å². The van der Waals surface area contributed by atoms with Crippen molar-refractivity contribution >= 4 is 27.1 Å². The van der Waals surface area contributed by atoms with Crippen molar-refractivity contribution in [2.45, 2.75) is 39.2 Å². The van der Waals surface area contributed by atoms with E-state index >= 15 is 0 Å². The summed E-state index contributed by atoms with van der Waals surface area (Å²) in [5.41, 5.74) is 1.07. The van der Waals surface area contributed by atoms with Crippen molar-refractivity contribution in [1.29, 1.82) is 0 Å². The summed E-state index contributed by atoms with van der Waals surface area (Å²) in [7, 11) is -2.87. The lowest BCUT2D eigenvalue weighted by Gasteiger charge is -2.15. The number of hydrogen-bond donors (Lipinski definition) is 2. The fourth-order valence-electron chi connectivity index (χ4n) is 2.36. The second kappa shape index (κ2) is 7.92. The van der Waals surface area contributed by atoms with Crippen LogP contribution in [0, 0.1) is 6.92 Å². The Bertz CT molecular complexity index is 610. The Balaban J connectivity index is 1.79. The molecule has 0 aromatic carbocycles. The Kier molecular flexibility index (Phi) is 6.19. The highest BCUT2D eigenvalue weighted by Crippen LogP contribution is 2.12. The number of aliphatic imine (C=N–C) groups is 1. The molecule has 124 valence electrons. The lowest BCUT2D eigenvalue weighted by atomic mass is 10.3. The van der Waals surface area contributed by atoms with Gasteiger partial charge in [-0.2, -0.15) is 0 Å². The largest absolute Gasteiger partial charge is 0.357 e. The van der Waals surface area contributed by atoms with Crippen molar-refractivity contribution in [1.82, 2.24) is 15.6 Å². The highest BCUT2D eigenvalue weighted by Gasteiger charge is 2.28. The van der Waals surface area contributed by atoms with Crippen molar-refractivity contribution in [3.63, 3.8) is 0 Å². The molecule has 1 aliphatic heterocycles. The molecule has 0 bridgehead atoms. The number of aromatic nitrogens is 1. The summed E-state index contributed by atoms with van der Waals surface area (Å²) in [4.78, 5) is 8.96. The molecule has 1 atom stereocenters. The molecule has 1 saturated heterocycles. The predicted octanol–water partition coefficient (Wildman–Crippen LogP) is 1.13. The summed E-state index contributed by atoms with van der Waals surface area (Å²) in [5.74, 6) is 1.18. The minimum Gasteiger partial charge on any atom is -0.357 e. The van der Waals surface area contributed by atoms with Gasteiger partial charge in [0.2, 0.25) is 0 Å². The van der Waals surface area contributed by atoms with Crippen LogP contribution in [0.5, 0.6) is 0 Å². The number of nitrogens with zero attached hydrogens (tertiary/aromatic N) is 2. The number of thiazole rings is 1. The van der Waals surface area contributed by atoms with E-state index in [1.165, 1.54) is 0 Å². The van der Waals surface area contributed by atoms with Gasteiger partial charge in [-0.3, -0.25) is 4.99 Å². The number of nitrogens with one attached hydrogen (secondary N) is 2. The number of sulfone groups is 1. The molecule has 2 rings (SSSR count). The van der Waals surface area contributed by atoms with Gasteiger partial charge in [-0.05, 0) is 26.7 Å².